The lowest BCUT2D eigenvalue weighted by molar-refractivity contribution is -0.141. The van der Waals surface area contributed by atoms with Gasteiger partial charge in [0.2, 0.25) is 17.7 Å². The highest BCUT2D eigenvalue weighted by Crippen LogP contribution is 2.33. The fourth-order valence-corrected chi connectivity index (χ4v) is 4.30. The molecule has 1 fully saturated rings. The fraction of sp³-hybridized carbons (Fsp3) is 0.333. The van der Waals surface area contributed by atoms with E-state index in [0.29, 0.717) is 24.7 Å². The van der Waals surface area contributed by atoms with Gasteiger partial charge in [0.25, 0.3) is 0 Å². The van der Waals surface area contributed by atoms with Gasteiger partial charge in [0, 0.05) is 31.4 Å². The Hall–Kier alpha value is -3.74. The van der Waals surface area contributed by atoms with Crippen LogP contribution in [0, 0.1) is 0 Å². The molecule has 0 spiro atoms. The lowest BCUT2D eigenvalue weighted by Gasteiger charge is -2.37. The van der Waals surface area contributed by atoms with E-state index in [2.05, 4.69) is 15.3 Å². The highest BCUT2D eigenvalue weighted by Gasteiger charge is 2.37. The monoisotopic (exact) mass is 458 g/mol. The SMILES string of the molecule is CC(C)(NC(=O)Cc1ccccc1)C(=O)N1CCC[C@@H](c2nccnc2Oc2ccccc2)C1. The first-order valence-corrected chi connectivity index (χ1v) is 11.6. The lowest BCUT2D eigenvalue weighted by Crippen LogP contribution is -2.57. The summed E-state index contributed by atoms with van der Waals surface area (Å²) in [6, 6.07) is 19.0. The molecule has 0 saturated carbocycles. The van der Waals surface area contributed by atoms with Gasteiger partial charge in [-0.3, -0.25) is 14.6 Å². The topological polar surface area (TPSA) is 84.4 Å². The van der Waals surface area contributed by atoms with Crippen molar-refractivity contribution in [3.63, 3.8) is 0 Å². The van der Waals surface area contributed by atoms with Crippen molar-refractivity contribution in [3.05, 3.63) is 84.3 Å². The van der Waals surface area contributed by atoms with Gasteiger partial charge in [-0.1, -0.05) is 48.5 Å². The van der Waals surface area contributed by atoms with Crippen LogP contribution in [0.4, 0.5) is 0 Å². The minimum atomic E-state index is -1.01. The average Bonchev–Trinajstić information content (AvgIpc) is 2.85. The number of likely N-dealkylation sites (tertiary alicyclic amines) is 1. The maximum absolute atomic E-state index is 13.4. The van der Waals surface area contributed by atoms with Crippen molar-refractivity contribution in [2.75, 3.05) is 13.1 Å². The van der Waals surface area contributed by atoms with Crippen LogP contribution in [0.1, 0.15) is 43.9 Å². The summed E-state index contributed by atoms with van der Waals surface area (Å²) in [6.07, 6.45) is 5.22. The van der Waals surface area contributed by atoms with E-state index in [9.17, 15) is 9.59 Å². The van der Waals surface area contributed by atoms with Gasteiger partial charge in [-0.2, -0.15) is 0 Å². The molecule has 3 aromatic rings. The van der Waals surface area contributed by atoms with E-state index in [-0.39, 0.29) is 24.2 Å². The third-order valence-electron chi connectivity index (χ3n) is 5.94. The summed E-state index contributed by atoms with van der Waals surface area (Å²) in [5, 5.41) is 2.92. The van der Waals surface area contributed by atoms with Gasteiger partial charge in [0.1, 0.15) is 17.0 Å². The Labute approximate surface area is 200 Å². The van der Waals surface area contributed by atoms with E-state index in [1.165, 1.54) is 0 Å². The molecule has 1 atom stereocenters. The molecular weight excluding hydrogens is 428 g/mol. The molecule has 7 heteroatoms. The number of piperidine rings is 1. The Morgan fingerprint density at radius 3 is 2.44 bits per heavy atom. The van der Waals surface area contributed by atoms with Crippen LogP contribution in [0.15, 0.2) is 73.1 Å². The van der Waals surface area contributed by atoms with Gasteiger partial charge in [0.15, 0.2) is 0 Å². The van der Waals surface area contributed by atoms with Gasteiger partial charge in [-0.15, -0.1) is 0 Å². The number of amides is 2. The molecule has 0 unspecified atom stereocenters. The second kappa shape index (κ2) is 10.5. The molecule has 0 aliphatic carbocycles. The van der Waals surface area contributed by atoms with E-state index in [4.69, 9.17) is 4.74 Å². The van der Waals surface area contributed by atoms with E-state index in [1.807, 2.05) is 65.6 Å². The third kappa shape index (κ3) is 5.78. The molecule has 34 heavy (non-hydrogen) atoms. The van der Waals surface area contributed by atoms with Crippen molar-refractivity contribution in [2.24, 2.45) is 0 Å². The van der Waals surface area contributed by atoms with E-state index >= 15 is 0 Å². The first kappa shape index (κ1) is 23.4. The number of nitrogens with zero attached hydrogens (tertiary/aromatic N) is 3. The summed E-state index contributed by atoms with van der Waals surface area (Å²) in [5.41, 5.74) is 0.643. The summed E-state index contributed by atoms with van der Waals surface area (Å²) in [7, 11) is 0. The zero-order chi connectivity index (χ0) is 24.0. The number of carbonyl (C=O) groups excluding carboxylic acids is 2. The zero-order valence-corrected chi connectivity index (χ0v) is 19.6. The highest BCUT2D eigenvalue weighted by molar-refractivity contribution is 5.91. The summed E-state index contributed by atoms with van der Waals surface area (Å²) >= 11 is 0. The van der Waals surface area contributed by atoms with Crippen molar-refractivity contribution in [2.45, 2.75) is 44.6 Å². The molecule has 2 aromatic carbocycles. The van der Waals surface area contributed by atoms with Crippen LogP contribution in [0.3, 0.4) is 0 Å². The highest BCUT2D eigenvalue weighted by atomic mass is 16.5. The van der Waals surface area contributed by atoms with Crippen LogP contribution in [-0.4, -0.2) is 45.3 Å². The molecule has 4 rings (SSSR count). The Bertz CT molecular complexity index is 1120. The van der Waals surface area contributed by atoms with Crippen LogP contribution < -0.4 is 10.1 Å². The number of benzene rings is 2. The average molecular weight is 459 g/mol. The Morgan fingerprint density at radius 1 is 1.03 bits per heavy atom. The predicted molar refractivity (Wildman–Crippen MR) is 129 cm³/mol. The third-order valence-corrected chi connectivity index (χ3v) is 5.94. The summed E-state index contributed by atoms with van der Waals surface area (Å²) in [4.78, 5) is 36.8. The normalized spacial score (nSPS) is 16.1. The number of ether oxygens (including phenoxy) is 1. The molecule has 7 nitrogen and oxygen atoms in total. The van der Waals surface area contributed by atoms with Crippen LogP contribution >= 0.6 is 0 Å². The van der Waals surface area contributed by atoms with Crippen molar-refractivity contribution in [3.8, 4) is 11.6 Å². The van der Waals surface area contributed by atoms with Crippen LogP contribution in [0.2, 0.25) is 0 Å². The molecule has 1 aromatic heterocycles. The van der Waals surface area contributed by atoms with Crippen molar-refractivity contribution < 1.29 is 14.3 Å². The molecule has 1 aliphatic rings. The van der Waals surface area contributed by atoms with Crippen molar-refractivity contribution in [1.82, 2.24) is 20.2 Å². The number of aromatic nitrogens is 2. The van der Waals surface area contributed by atoms with Crippen molar-refractivity contribution >= 4 is 11.8 Å². The van der Waals surface area contributed by atoms with Gasteiger partial charge in [-0.05, 0) is 44.4 Å². The summed E-state index contributed by atoms with van der Waals surface area (Å²) < 4.78 is 6.00. The molecule has 0 bridgehead atoms. The quantitative estimate of drug-likeness (QED) is 0.576. The fourth-order valence-electron chi connectivity index (χ4n) is 4.30. The largest absolute Gasteiger partial charge is 0.437 e. The molecule has 1 N–H and O–H groups in total. The van der Waals surface area contributed by atoms with Crippen LogP contribution in [0.5, 0.6) is 11.6 Å². The number of nitrogens with one attached hydrogen (secondary N) is 1. The standard InChI is InChI=1S/C27H30N4O3/c1-27(2,30-23(32)18-20-10-5-3-6-11-20)26(33)31-17-9-12-21(19-31)24-25(29-16-15-28-24)34-22-13-7-4-8-14-22/h3-8,10-11,13-16,21H,9,12,17-19H2,1-2H3,(H,30,32)/t21-/m1/s1. The smallest absolute Gasteiger partial charge is 0.247 e. The van der Waals surface area contributed by atoms with Gasteiger partial charge in [0.05, 0.1) is 6.42 Å². The minimum absolute atomic E-state index is 0.000863. The molecule has 1 aliphatic heterocycles. The maximum atomic E-state index is 13.4. The van der Waals surface area contributed by atoms with Gasteiger partial charge < -0.3 is 15.0 Å². The first-order chi connectivity index (χ1) is 16.4. The molecule has 176 valence electrons. The molecular formula is C27H30N4O3. The van der Waals surface area contributed by atoms with E-state index in [0.717, 1.165) is 24.1 Å². The van der Waals surface area contributed by atoms with E-state index < -0.39 is 5.54 Å². The van der Waals surface area contributed by atoms with Crippen LogP contribution in [-0.2, 0) is 16.0 Å². The van der Waals surface area contributed by atoms with Crippen molar-refractivity contribution in [1.29, 1.82) is 0 Å². The number of hydrogen-bond acceptors (Lipinski definition) is 5. The number of rotatable bonds is 7. The molecule has 2 amide bonds. The maximum Gasteiger partial charge on any atom is 0.247 e. The molecule has 2 heterocycles. The lowest BCUT2D eigenvalue weighted by atomic mass is 9.92. The predicted octanol–water partition coefficient (Wildman–Crippen LogP) is 4.11. The second-order valence-electron chi connectivity index (χ2n) is 9.09. The number of hydrogen-bond donors (Lipinski definition) is 1. The second-order valence-corrected chi connectivity index (χ2v) is 9.09. The molecule has 0 radical (unpaired) electrons. The Kier molecular flexibility index (Phi) is 7.21. The Balaban J connectivity index is 1.43. The minimum Gasteiger partial charge on any atom is -0.437 e. The number of carbonyl (C=O) groups is 2. The Morgan fingerprint density at radius 2 is 1.71 bits per heavy atom. The zero-order valence-electron chi connectivity index (χ0n) is 19.6. The van der Waals surface area contributed by atoms with E-state index in [1.54, 1.807) is 26.2 Å². The molecule has 1 saturated heterocycles. The summed E-state index contributed by atoms with van der Waals surface area (Å²) in [6.45, 7) is 4.66. The van der Waals surface area contributed by atoms with Gasteiger partial charge >= 0.3 is 0 Å². The van der Waals surface area contributed by atoms with Crippen LogP contribution in [0.25, 0.3) is 0 Å². The summed E-state index contributed by atoms with van der Waals surface area (Å²) in [5.74, 6) is 0.873. The van der Waals surface area contributed by atoms with Gasteiger partial charge in [-0.25, -0.2) is 4.98 Å². The first-order valence-electron chi connectivity index (χ1n) is 11.6. The number of para-hydroxylation sites is 1.